The van der Waals surface area contributed by atoms with Gasteiger partial charge in [0.25, 0.3) is 0 Å². The van der Waals surface area contributed by atoms with Crippen molar-refractivity contribution in [1.29, 1.82) is 0 Å². The van der Waals surface area contributed by atoms with Crippen molar-refractivity contribution in [3.63, 3.8) is 0 Å². The molecule has 1 nitrogen and oxygen atoms in total. The normalized spacial score (nSPS) is 9.70. The third-order valence-electron chi connectivity index (χ3n) is 1.16. The van der Waals surface area contributed by atoms with Crippen LogP contribution in [0.4, 0.5) is 0 Å². The number of hydrogen-bond donors (Lipinski definition) is 0. The monoisotopic (exact) mass is 152 g/mol. The summed E-state index contributed by atoms with van der Waals surface area (Å²) in [5, 5.41) is 0. The van der Waals surface area contributed by atoms with Crippen LogP contribution in [0.15, 0.2) is 24.5 Å². The number of pyridine rings is 1. The zero-order valence-electron chi connectivity index (χ0n) is 5.79. The number of nitrogens with zero attached hydrogens (tertiary/aromatic N) is 1. The van der Waals surface area contributed by atoms with E-state index in [2.05, 4.69) is 11.9 Å². The Bertz CT molecular complexity index is 174. The quantitative estimate of drug-likeness (QED) is 0.658. The van der Waals surface area contributed by atoms with E-state index in [1.165, 1.54) is 5.56 Å². The topological polar surface area (TPSA) is 12.9 Å². The average Bonchev–Trinajstić information content (AvgIpc) is 2.03. The first kappa shape index (κ1) is 7.61. The van der Waals surface area contributed by atoms with Gasteiger partial charge < -0.3 is 0 Å². The molecule has 0 unspecified atom stereocenters. The Kier molecular flexibility index (Phi) is 3.30. The maximum atomic E-state index is 3.93. The van der Waals surface area contributed by atoms with E-state index in [9.17, 15) is 0 Å². The molecule has 0 fully saturated rings. The number of thioether (sulfide) groups is 1. The fraction of sp³-hybridized carbons (Fsp3) is 0.250. The van der Waals surface area contributed by atoms with Crippen LogP contribution < -0.4 is 0 Å². The van der Waals surface area contributed by atoms with Crippen molar-refractivity contribution in [2.24, 2.45) is 0 Å². The molecule has 1 radical (unpaired) electrons. The van der Waals surface area contributed by atoms with Gasteiger partial charge in [0.05, 0.1) is 0 Å². The lowest BCUT2D eigenvalue weighted by Crippen LogP contribution is -1.80. The Balaban J connectivity index is 2.43. The molecule has 1 rings (SSSR count). The summed E-state index contributed by atoms with van der Waals surface area (Å²) in [5.41, 5.74) is 1.32. The predicted octanol–water partition coefficient (Wildman–Crippen LogP) is 2.15. The second kappa shape index (κ2) is 4.34. The summed E-state index contributed by atoms with van der Waals surface area (Å²) < 4.78 is 0. The minimum atomic E-state index is 0.933. The van der Waals surface area contributed by atoms with Crippen molar-refractivity contribution in [3.05, 3.63) is 37.0 Å². The van der Waals surface area contributed by atoms with Crippen molar-refractivity contribution in [2.45, 2.75) is 5.75 Å². The van der Waals surface area contributed by atoms with Gasteiger partial charge in [0.2, 0.25) is 0 Å². The SMILES string of the molecule is [CH2]CSCc1ccncc1. The highest BCUT2D eigenvalue weighted by Gasteiger charge is 1.88. The van der Waals surface area contributed by atoms with Crippen molar-refractivity contribution >= 4 is 11.8 Å². The van der Waals surface area contributed by atoms with Crippen molar-refractivity contribution < 1.29 is 0 Å². The molecule has 1 aromatic rings. The van der Waals surface area contributed by atoms with E-state index in [1.54, 1.807) is 0 Å². The van der Waals surface area contributed by atoms with Crippen LogP contribution in [-0.4, -0.2) is 10.7 Å². The van der Waals surface area contributed by atoms with E-state index in [0.717, 1.165) is 11.5 Å². The van der Waals surface area contributed by atoms with Crippen LogP contribution in [0.2, 0.25) is 0 Å². The van der Waals surface area contributed by atoms with E-state index < -0.39 is 0 Å². The minimum Gasteiger partial charge on any atom is -0.265 e. The largest absolute Gasteiger partial charge is 0.265 e. The summed E-state index contributed by atoms with van der Waals surface area (Å²) in [6.45, 7) is 3.75. The average molecular weight is 152 g/mol. The zero-order chi connectivity index (χ0) is 7.23. The van der Waals surface area contributed by atoms with E-state index in [0.29, 0.717) is 0 Å². The smallest absolute Gasteiger partial charge is 0.0270 e. The van der Waals surface area contributed by atoms with Gasteiger partial charge in [-0.15, -0.1) is 0 Å². The van der Waals surface area contributed by atoms with Crippen LogP contribution in [0.25, 0.3) is 0 Å². The van der Waals surface area contributed by atoms with Crippen molar-refractivity contribution in [1.82, 2.24) is 4.98 Å². The molecule has 0 atom stereocenters. The molecule has 0 spiro atoms. The lowest BCUT2D eigenvalue weighted by Gasteiger charge is -1.96. The van der Waals surface area contributed by atoms with Gasteiger partial charge >= 0.3 is 0 Å². The van der Waals surface area contributed by atoms with Crippen molar-refractivity contribution in [2.75, 3.05) is 5.75 Å². The third-order valence-corrected chi connectivity index (χ3v) is 1.99. The summed E-state index contributed by atoms with van der Waals surface area (Å²) in [6, 6.07) is 4.06. The number of aromatic nitrogens is 1. The van der Waals surface area contributed by atoms with Crippen LogP contribution in [0.1, 0.15) is 5.56 Å². The Morgan fingerprint density at radius 2 is 2.10 bits per heavy atom. The molecule has 0 aliphatic rings. The Labute approximate surface area is 65.9 Å². The van der Waals surface area contributed by atoms with Crippen LogP contribution in [-0.2, 0) is 5.75 Å². The number of rotatable bonds is 3. The van der Waals surface area contributed by atoms with Gasteiger partial charge in [0, 0.05) is 18.1 Å². The highest BCUT2D eigenvalue weighted by molar-refractivity contribution is 7.98. The maximum absolute atomic E-state index is 3.93. The molecule has 0 bridgehead atoms. The lowest BCUT2D eigenvalue weighted by atomic mass is 10.3. The minimum absolute atomic E-state index is 0.933. The first-order valence-corrected chi connectivity index (χ1v) is 4.35. The van der Waals surface area contributed by atoms with Gasteiger partial charge in [0.1, 0.15) is 0 Å². The highest BCUT2D eigenvalue weighted by Crippen LogP contribution is 2.09. The summed E-state index contributed by atoms with van der Waals surface area (Å²) in [6.07, 6.45) is 3.64. The highest BCUT2D eigenvalue weighted by atomic mass is 32.2. The second-order valence-electron chi connectivity index (χ2n) is 1.91. The molecule has 2 heteroatoms. The molecule has 0 saturated heterocycles. The molecule has 0 aromatic carbocycles. The van der Waals surface area contributed by atoms with Gasteiger partial charge in [-0.05, 0) is 30.4 Å². The van der Waals surface area contributed by atoms with Crippen LogP contribution >= 0.6 is 11.8 Å². The Morgan fingerprint density at radius 3 is 2.70 bits per heavy atom. The first-order chi connectivity index (χ1) is 4.93. The molecule has 0 aliphatic carbocycles. The molecular weight excluding hydrogens is 142 g/mol. The van der Waals surface area contributed by atoms with E-state index in [1.807, 2.05) is 36.3 Å². The van der Waals surface area contributed by atoms with E-state index in [4.69, 9.17) is 0 Å². The molecular formula is C8H10NS. The van der Waals surface area contributed by atoms with Crippen LogP contribution in [0, 0.1) is 6.92 Å². The van der Waals surface area contributed by atoms with Crippen LogP contribution in [0.3, 0.4) is 0 Å². The maximum Gasteiger partial charge on any atom is 0.0270 e. The molecule has 0 N–H and O–H groups in total. The van der Waals surface area contributed by atoms with Gasteiger partial charge in [-0.25, -0.2) is 0 Å². The summed E-state index contributed by atoms with van der Waals surface area (Å²) in [5.74, 6) is 1.98. The van der Waals surface area contributed by atoms with Crippen molar-refractivity contribution in [3.8, 4) is 0 Å². The predicted molar refractivity (Wildman–Crippen MR) is 45.8 cm³/mol. The molecule has 53 valence electrons. The third kappa shape index (κ3) is 2.40. The van der Waals surface area contributed by atoms with E-state index in [-0.39, 0.29) is 0 Å². The Morgan fingerprint density at radius 1 is 1.40 bits per heavy atom. The Hall–Kier alpha value is -0.500. The van der Waals surface area contributed by atoms with Gasteiger partial charge in [-0.1, -0.05) is 0 Å². The molecule has 10 heavy (non-hydrogen) atoms. The van der Waals surface area contributed by atoms with Gasteiger partial charge in [-0.2, -0.15) is 11.8 Å². The van der Waals surface area contributed by atoms with E-state index >= 15 is 0 Å². The molecule has 0 amide bonds. The summed E-state index contributed by atoms with van der Waals surface area (Å²) in [4.78, 5) is 3.93. The molecule has 1 heterocycles. The summed E-state index contributed by atoms with van der Waals surface area (Å²) >= 11 is 1.82. The fourth-order valence-corrected chi connectivity index (χ4v) is 1.24. The molecule has 0 saturated carbocycles. The fourth-order valence-electron chi connectivity index (χ4n) is 0.669. The first-order valence-electron chi connectivity index (χ1n) is 3.19. The lowest BCUT2D eigenvalue weighted by molar-refractivity contribution is 1.27. The summed E-state index contributed by atoms with van der Waals surface area (Å²) in [7, 11) is 0. The number of hydrogen-bond acceptors (Lipinski definition) is 2. The molecule has 0 aliphatic heterocycles. The zero-order valence-corrected chi connectivity index (χ0v) is 6.60. The second-order valence-corrected chi connectivity index (χ2v) is 3.01. The van der Waals surface area contributed by atoms with Gasteiger partial charge in [0.15, 0.2) is 0 Å². The standard InChI is InChI=1S/C8H10NS/c1-2-10-7-8-3-5-9-6-4-8/h3-6H,1-2,7H2. The van der Waals surface area contributed by atoms with Gasteiger partial charge in [-0.3, -0.25) is 4.98 Å². The van der Waals surface area contributed by atoms with Crippen LogP contribution in [0.5, 0.6) is 0 Å². The molecule has 1 aromatic heterocycles.